The van der Waals surface area contributed by atoms with Crippen LogP contribution in [0.2, 0.25) is 0 Å². The number of carboxylic acids is 1. The van der Waals surface area contributed by atoms with Gasteiger partial charge >= 0.3 is 5.97 Å². The van der Waals surface area contributed by atoms with Crippen LogP contribution in [0.3, 0.4) is 0 Å². The van der Waals surface area contributed by atoms with E-state index in [0.29, 0.717) is 10.2 Å². The van der Waals surface area contributed by atoms with Crippen LogP contribution in [0, 0.1) is 6.92 Å². The summed E-state index contributed by atoms with van der Waals surface area (Å²) in [6.07, 6.45) is 0. The number of benzene rings is 1. The third-order valence-electron chi connectivity index (χ3n) is 3.23. The Morgan fingerprint density at radius 1 is 1.19 bits per heavy atom. The molecule has 2 N–H and O–H groups in total. The van der Waals surface area contributed by atoms with E-state index < -0.39 is 17.8 Å². The molecule has 21 heavy (non-hydrogen) atoms. The Bertz CT molecular complexity index is 809. The molecule has 0 aliphatic carbocycles. The second kappa shape index (κ2) is 4.56. The van der Waals surface area contributed by atoms with Crippen molar-refractivity contribution in [3.05, 3.63) is 51.3 Å². The van der Waals surface area contributed by atoms with Gasteiger partial charge in [-0.3, -0.25) is 9.59 Å². The summed E-state index contributed by atoms with van der Waals surface area (Å²) in [5.41, 5.74) is 0.950. The van der Waals surface area contributed by atoms with E-state index in [0.717, 1.165) is 4.90 Å². The summed E-state index contributed by atoms with van der Waals surface area (Å²) < 4.78 is 0.674. The zero-order valence-corrected chi connectivity index (χ0v) is 12.4. The number of amides is 2. The van der Waals surface area contributed by atoms with Gasteiger partial charge in [-0.2, -0.15) is 0 Å². The van der Waals surface area contributed by atoms with Gasteiger partial charge in [0.25, 0.3) is 11.8 Å². The van der Waals surface area contributed by atoms with E-state index in [4.69, 9.17) is 0 Å². The van der Waals surface area contributed by atoms with Crippen molar-refractivity contribution in [2.24, 2.45) is 0 Å². The molecule has 0 unspecified atom stereocenters. The number of halogens is 1. The van der Waals surface area contributed by atoms with Gasteiger partial charge in [0.15, 0.2) is 0 Å². The number of carbonyl (C=O) groups excluding carboxylic acids is 2. The van der Waals surface area contributed by atoms with E-state index in [1.54, 1.807) is 25.1 Å². The lowest BCUT2D eigenvalue weighted by atomic mass is 10.1. The first kappa shape index (κ1) is 13.6. The average Bonchev–Trinajstić information content (AvgIpc) is 2.90. The molecule has 2 heterocycles. The van der Waals surface area contributed by atoms with Crippen LogP contribution >= 0.6 is 15.9 Å². The summed E-state index contributed by atoms with van der Waals surface area (Å²) in [6.45, 7) is 1.66. The van der Waals surface area contributed by atoms with Crippen LogP contribution < -0.4 is 4.90 Å². The summed E-state index contributed by atoms with van der Waals surface area (Å²) in [5, 5.41) is 9.18. The summed E-state index contributed by atoms with van der Waals surface area (Å²) in [5.74, 6) is -2.28. The lowest BCUT2D eigenvalue weighted by molar-refractivity contribution is 0.0692. The molecule has 0 saturated heterocycles. The standard InChI is InChI=1S/C14H9BrN2O4/c1-6-4-10(11(16-6)14(20)21)17-12(18)8-3-2-7(15)5-9(8)13(17)19/h2-5,16H,1H3,(H,20,21). The van der Waals surface area contributed by atoms with Gasteiger partial charge in [-0.05, 0) is 31.2 Å². The van der Waals surface area contributed by atoms with Crippen molar-refractivity contribution in [2.45, 2.75) is 6.92 Å². The molecule has 2 amide bonds. The maximum atomic E-state index is 12.4. The predicted octanol–water partition coefficient (Wildman–Crippen LogP) is 2.58. The minimum absolute atomic E-state index is 0.0577. The smallest absolute Gasteiger partial charge is 0.354 e. The number of carboxylic acid groups (broad SMARTS) is 1. The Hall–Kier alpha value is -2.41. The number of fused-ring (bicyclic) bond motifs is 1. The zero-order chi connectivity index (χ0) is 15.3. The minimum atomic E-state index is -1.23. The molecule has 1 aliphatic heterocycles. The van der Waals surface area contributed by atoms with Gasteiger partial charge in [0.05, 0.1) is 16.8 Å². The van der Waals surface area contributed by atoms with Gasteiger partial charge in [-0.25, -0.2) is 9.69 Å². The normalized spacial score (nSPS) is 13.7. The lowest BCUT2D eigenvalue weighted by Crippen LogP contribution is -2.30. The number of H-pyrrole nitrogens is 1. The van der Waals surface area contributed by atoms with Crippen LogP contribution in [0.4, 0.5) is 5.69 Å². The van der Waals surface area contributed by atoms with Crippen LogP contribution in [0.5, 0.6) is 0 Å². The number of hydrogen-bond donors (Lipinski definition) is 2. The maximum Gasteiger partial charge on any atom is 0.354 e. The Morgan fingerprint density at radius 2 is 1.86 bits per heavy atom. The van der Waals surface area contributed by atoms with Crippen molar-refractivity contribution in [3.8, 4) is 0 Å². The monoisotopic (exact) mass is 348 g/mol. The van der Waals surface area contributed by atoms with Crippen LogP contribution in [0.1, 0.15) is 36.9 Å². The molecule has 0 saturated carbocycles. The molecular formula is C14H9BrN2O4. The van der Waals surface area contributed by atoms with E-state index in [1.165, 1.54) is 6.07 Å². The third-order valence-corrected chi connectivity index (χ3v) is 3.73. The van der Waals surface area contributed by atoms with Crippen molar-refractivity contribution < 1.29 is 19.5 Å². The highest BCUT2D eigenvalue weighted by Gasteiger charge is 2.39. The van der Waals surface area contributed by atoms with Gasteiger partial charge in [0, 0.05) is 10.2 Å². The Labute approximate surface area is 127 Å². The van der Waals surface area contributed by atoms with E-state index >= 15 is 0 Å². The van der Waals surface area contributed by atoms with Crippen LogP contribution in [-0.2, 0) is 0 Å². The van der Waals surface area contributed by atoms with Gasteiger partial charge < -0.3 is 10.1 Å². The molecule has 1 aromatic carbocycles. The first-order valence-corrected chi connectivity index (χ1v) is 6.80. The van der Waals surface area contributed by atoms with Crippen LogP contribution in [-0.4, -0.2) is 27.9 Å². The third kappa shape index (κ3) is 1.97. The molecule has 3 rings (SSSR count). The first-order chi connectivity index (χ1) is 9.90. The quantitative estimate of drug-likeness (QED) is 0.816. The lowest BCUT2D eigenvalue weighted by Gasteiger charge is -2.12. The van der Waals surface area contributed by atoms with Gasteiger partial charge in [0.2, 0.25) is 0 Å². The van der Waals surface area contributed by atoms with Gasteiger partial charge in [0.1, 0.15) is 5.69 Å². The van der Waals surface area contributed by atoms with Gasteiger partial charge in [-0.1, -0.05) is 15.9 Å². The van der Waals surface area contributed by atoms with Crippen molar-refractivity contribution in [2.75, 3.05) is 4.90 Å². The van der Waals surface area contributed by atoms with E-state index in [2.05, 4.69) is 20.9 Å². The second-order valence-electron chi connectivity index (χ2n) is 4.65. The number of imide groups is 1. The first-order valence-electron chi connectivity index (χ1n) is 6.01. The average molecular weight is 349 g/mol. The number of aryl methyl sites for hydroxylation is 1. The van der Waals surface area contributed by atoms with E-state index in [9.17, 15) is 19.5 Å². The van der Waals surface area contributed by atoms with Crippen molar-refractivity contribution in [3.63, 3.8) is 0 Å². The van der Waals surface area contributed by atoms with Crippen molar-refractivity contribution in [1.82, 2.24) is 4.98 Å². The van der Waals surface area contributed by atoms with E-state index in [1.807, 2.05) is 0 Å². The fraction of sp³-hybridized carbons (Fsp3) is 0.0714. The minimum Gasteiger partial charge on any atom is -0.477 e. The highest BCUT2D eigenvalue weighted by atomic mass is 79.9. The highest BCUT2D eigenvalue weighted by Crippen LogP contribution is 2.32. The summed E-state index contributed by atoms with van der Waals surface area (Å²) in [7, 11) is 0. The Balaban J connectivity index is 2.16. The topological polar surface area (TPSA) is 90.5 Å². The molecule has 0 bridgehead atoms. The molecule has 6 nitrogen and oxygen atoms in total. The molecule has 2 aromatic rings. The van der Waals surface area contributed by atoms with Crippen LogP contribution in [0.15, 0.2) is 28.7 Å². The summed E-state index contributed by atoms with van der Waals surface area (Å²) in [6, 6.07) is 6.23. The number of nitrogens with one attached hydrogen (secondary N) is 1. The molecule has 0 atom stereocenters. The second-order valence-corrected chi connectivity index (χ2v) is 5.57. The van der Waals surface area contributed by atoms with Crippen LogP contribution in [0.25, 0.3) is 0 Å². The number of aromatic nitrogens is 1. The Morgan fingerprint density at radius 3 is 2.52 bits per heavy atom. The molecule has 0 radical (unpaired) electrons. The zero-order valence-electron chi connectivity index (χ0n) is 10.8. The molecule has 1 aromatic heterocycles. The number of nitrogens with zero attached hydrogens (tertiary/aromatic N) is 1. The molecule has 0 spiro atoms. The molecular weight excluding hydrogens is 340 g/mol. The molecule has 1 aliphatic rings. The number of carbonyl (C=O) groups is 3. The predicted molar refractivity (Wildman–Crippen MR) is 77.8 cm³/mol. The van der Waals surface area contributed by atoms with Gasteiger partial charge in [-0.15, -0.1) is 0 Å². The number of aromatic amines is 1. The largest absolute Gasteiger partial charge is 0.477 e. The van der Waals surface area contributed by atoms with Crippen molar-refractivity contribution >= 4 is 39.4 Å². The summed E-state index contributed by atoms with van der Waals surface area (Å²) in [4.78, 5) is 39.6. The molecule has 106 valence electrons. The number of anilines is 1. The van der Waals surface area contributed by atoms with Crippen molar-refractivity contribution in [1.29, 1.82) is 0 Å². The fourth-order valence-corrected chi connectivity index (χ4v) is 2.71. The SMILES string of the molecule is Cc1cc(N2C(=O)c3ccc(Br)cc3C2=O)c(C(=O)O)[nH]1. The highest BCUT2D eigenvalue weighted by molar-refractivity contribution is 9.10. The fourth-order valence-electron chi connectivity index (χ4n) is 2.35. The maximum absolute atomic E-state index is 12.4. The molecule has 0 fully saturated rings. The number of rotatable bonds is 2. The Kier molecular flexibility index (Phi) is 2.94. The summed E-state index contributed by atoms with van der Waals surface area (Å²) >= 11 is 3.25. The number of hydrogen-bond acceptors (Lipinski definition) is 3. The number of aromatic carboxylic acids is 1. The molecule has 7 heteroatoms. The van der Waals surface area contributed by atoms with E-state index in [-0.39, 0.29) is 22.5 Å².